The zero-order chi connectivity index (χ0) is 34.6. The molecule has 3 rings (SSSR count). The summed E-state index contributed by atoms with van der Waals surface area (Å²) < 4.78 is 10.6. The summed E-state index contributed by atoms with van der Waals surface area (Å²) in [5.74, 6) is -2.07. The van der Waals surface area contributed by atoms with Crippen LogP contribution in [0.15, 0.2) is 18.2 Å². The molecule has 2 aliphatic rings. The molecular formula is C36H55N3O9. The van der Waals surface area contributed by atoms with E-state index in [2.05, 4.69) is 22.4 Å². The molecule has 0 aliphatic carbocycles. The highest BCUT2D eigenvalue weighted by Gasteiger charge is 2.39. The van der Waals surface area contributed by atoms with Crippen LogP contribution >= 0.6 is 0 Å². The second kappa shape index (κ2) is 22.2. The van der Waals surface area contributed by atoms with Crippen molar-refractivity contribution in [3.05, 3.63) is 29.3 Å². The molecule has 0 saturated carbocycles. The highest BCUT2D eigenvalue weighted by Crippen LogP contribution is 2.32. The van der Waals surface area contributed by atoms with Gasteiger partial charge in [0.1, 0.15) is 19.3 Å². The number of benzene rings is 1. The Morgan fingerprint density at radius 3 is 2.17 bits per heavy atom. The topological polar surface area (TPSA) is 161 Å². The maximum Gasteiger partial charge on any atom is 0.308 e. The number of hydrogen-bond donors (Lipinski definition) is 3. The molecule has 268 valence electrons. The standard InChI is InChI=1S/C36H55N3O9/c1-2-3-4-5-6-7-8-9-10-11-12-13-14-15-19-33(41)46-25-27(26-47-45)48-34(42)22-23-37-30-18-16-17-28-29(30)24-39(36(28)44)31-20-21-32(40)38-35(31)43/h16-18,27,31,37,45H,2-15,19-26H2,1H3,(H,38,40,43)/t27?,31-/m1/s1. The van der Waals surface area contributed by atoms with Crippen molar-refractivity contribution in [2.45, 2.75) is 141 Å². The van der Waals surface area contributed by atoms with E-state index in [1.54, 1.807) is 18.2 Å². The number of nitrogens with zero attached hydrogens (tertiary/aromatic N) is 1. The van der Waals surface area contributed by atoms with Gasteiger partial charge in [-0.1, -0.05) is 96.5 Å². The lowest BCUT2D eigenvalue weighted by Crippen LogP contribution is -2.52. The summed E-state index contributed by atoms with van der Waals surface area (Å²) in [7, 11) is 0. The number of rotatable bonds is 25. The van der Waals surface area contributed by atoms with Crippen molar-refractivity contribution in [3.8, 4) is 0 Å². The number of carbonyl (C=O) groups excluding carboxylic acids is 5. The van der Waals surface area contributed by atoms with Gasteiger partial charge < -0.3 is 19.7 Å². The largest absolute Gasteiger partial charge is 0.462 e. The molecule has 12 heteroatoms. The lowest BCUT2D eigenvalue weighted by atomic mass is 10.0. The first-order valence-corrected chi connectivity index (χ1v) is 18.0. The molecule has 2 aliphatic heterocycles. The third-order valence-electron chi connectivity index (χ3n) is 8.95. The van der Waals surface area contributed by atoms with Crippen molar-refractivity contribution in [2.24, 2.45) is 0 Å². The van der Waals surface area contributed by atoms with Gasteiger partial charge in [0.2, 0.25) is 11.8 Å². The Morgan fingerprint density at radius 2 is 1.54 bits per heavy atom. The molecule has 1 aromatic carbocycles. The van der Waals surface area contributed by atoms with E-state index in [1.807, 2.05) is 0 Å². The maximum absolute atomic E-state index is 13.0. The average Bonchev–Trinajstić information content (AvgIpc) is 3.40. The fraction of sp³-hybridized carbons (Fsp3) is 0.694. The van der Waals surface area contributed by atoms with Crippen LogP contribution in [-0.4, -0.2) is 71.7 Å². The summed E-state index contributed by atoms with van der Waals surface area (Å²) in [4.78, 5) is 67.2. The molecule has 1 unspecified atom stereocenters. The molecule has 0 spiro atoms. The van der Waals surface area contributed by atoms with Crippen LogP contribution in [0.1, 0.15) is 138 Å². The number of carbonyl (C=O) groups is 5. The maximum atomic E-state index is 13.0. The average molecular weight is 674 g/mol. The molecule has 1 saturated heterocycles. The van der Waals surface area contributed by atoms with E-state index in [-0.39, 0.29) is 69.8 Å². The van der Waals surface area contributed by atoms with Gasteiger partial charge in [-0.05, 0) is 25.0 Å². The minimum absolute atomic E-state index is 0.0383. The monoisotopic (exact) mass is 673 g/mol. The lowest BCUT2D eigenvalue weighted by molar-refractivity contribution is -0.261. The summed E-state index contributed by atoms with van der Waals surface area (Å²) in [6.45, 7) is 2.08. The number of anilines is 1. The van der Waals surface area contributed by atoms with E-state index in [0.29, 0.717) is 16.8 Å². The van der Waals surface area contributed by atoms with Gasteiger partial charge >= 0.3 is 11.9 Å². The zero-order valence-electron chi connectivity index (χ0n) is 28.6. The van der Waals surface area contributed by atoms with Crippen LogP contribution < -0.4 is 10.6 Å². The Hall–Kier alpha value is -3.51. The van der Waals surface area contributed by atoms with E-state index in [0.717, 1.165) is 19.3 Å². The van der Waals surface area contributed by atoms with Crippen LogP contribution in [-0.2, 0) is 40.1 Å². The number of hydrogen-bond acceptors (Lipinski definition) is 10. The van der Waals surface area contributed by atoms with Crippen molar-refractivity contribution in [1.82, 2.24) is 10.2 Å². The van der Waals surface area contributed by atoms with E-state index in [9.17, 15) is 24.0 Å². The number of ether oxygens (including phenoxy) is 2. The Kier molecular flexibility index (Phi) is 18.0. The Balaban J connectivity index is 1.27. The Bertz CT molecular complexity index is 1190. The molecule has 0 bridgehead atoms. The van der Waals surface area contributed by atoms with Crippen LogP contribution in [0.2, 0.25) is 0 Å². The van der Waals surface area contributed by atoms with Gasteiger partial charge in [0.25, 0.3) is 5.91 Å². The summed E-state index contributed by atoms with van der Waals surface area (Å²) in [6.07, 6.45) is 17.0. The summed E-state index contributed by atoms with van der Waals surface area (Å²) in [5, 5.41) is 14.4. The predicted molar refractivity (Wildman–Crippen MR) is 180 cm³/mol. The first-order valence-electron chi connectivity index (χ1n) is 18.0. The van der Waals surface area contributed by atoms with Crippen molar-refractivity contribution >= 4 is 35.3 Å². The first kappa shape index (κ1) is 38.9. The number of piperidine rings is 1. The quantitative estimate of drug-likeness (QED) is 0.0366. The zero-order valence-corrected chi connectivity index (χ0v) is 28.6. The van der Waals surface area contributed by atoms with Crippen molar-refractivity contribution in [1.29, 1.82) is 0 Å². The molecular weight excluding hydrogens is 618 g/mol. The highest BCUT2D eigenvalue weighted by atomic mass is 17.1. The molecule has 0 radical (unpaired) electrons. The van der Waals surface area contributed by atoms with Crippen molar-refractivity contribution in [2.75, 3.05) is 25.1 Å². The van der Waals surface area contributed by atoms with E-state index < -0.39 is 24.0 Å². The molecule has 1 aromatic rings. The van der Waals surface area contributed by atoms with Gasteiger partial charge in [-0.3, -0.25) is 34.5 Å². The second-order valence-electron chi connectivity index (χ2n) is 12.8. The fourth-order valence-corrected chi connectivity index (χ4v) is 6.22. The van der Waals surface area contributed by atoms with Crippen LogP contribution in [0.5, 0.6) is 0 Å². The fourth-order valence-electron chi connectivity index (χ4n) is 6.22. The normalized spacial score (nSPS) is 16.4. The second-order valence-corrected chi connectivity index (χ2v) is 12.8. The number of esters is 2. The number of amides is 3. The third-order valence-corrected chi connectivity index (χ3v) is 8.95. The van der Waals surface area contributed by atoms with Crippen LogP contribution in [0.25, 0.3) is 0 Å². The van der Waals surface area contributed by atoms with Gasteiger partial charge in [0.05, 0.1) is 6.42 Å². The molecule has 48 heavy (non-hydrogen) atoms. The molecule has 1 fully saturated rings. The highest BCUT2D eigenvalue weighted by molar-refractivity contribution is 6.06. The van der Waals surface area contributed by atoms with Gasteiger partial charge in [-0.25, -0.2) is 4.89 Å². The van der Waals surface area contributed by atoms with Crippen molar-refractivity contribution < 1.29 is 43.6 Å². The molecule has 2 atom stereocenters. The first-order chi connectivity index (χ1) is 23.3. The number of unbranched alkanes of at least 4 members (excludes halogenated alkanes) is 13. The Morgan fingerprint density at radius 1 is 0.896 bits per heavy atom. The van der Waals surface area contributed by atoms with Gasteiger partial charge in [-0.15, -0.1) is 0 Å². The predicted octanol–water partition coefficient (Wildman–Crippen LogP) is 6.07. The minimum Gasteiger partial charge on any atom is -0.462 e. The molecule has 2 heterocycles. The smallest absolute Gasteiger partial charge is 0.308 e. The summed E-state index contributed by atoms with van der Waals surface area (Å²) in [5.41, 5.74) is 1.82. The van der Waals surface area contributed by atoms with Crippen LogP contribution in [0.4, 0.5) is 5.69 Å². The molecule has 3 N–H and O–H groups in total. The van der Waals surface area contributed by atoms with E-state index in [1.165, 1.54) is 75.5 Å². The van der Waals surface area contributed by atoms with Gasteiger partial charge in [-0.2, -0.15) is 0 Å². The van der Waals surface area contributed by atoms with E-state index >= 15 is 0 Å². The van der Waals surface area contributed by atoms with Gasteiger partial charge in [0.15, 0.2) is 6.10 Å². The number of fused-ring (bicyclic) bond motifs is 1. The van der Waals surface area contributed by atoms with Crippen molar-refractivity contribution in [3.63, 3.8) is 0 Å². The summed E-state index contributed by atoms with van der Waals surface area (Å²) in [6, 6.07) is 4.46. The summed E-state index contributed by atoms with van der Waals surface area (Å²) >= 11 is 0. The SMILES string of the molecule is CCCCCCCCCCCCCCCCC(=O)OCC(COO)OC(=O)CCNc1cccc2c1CN([C@@H]1CCC(=O)NC1=O)C2=O. The minimum atomic E-state index is -0.955. The van der Waals surface area contributed by atoms with Crippen LogP contribution in [0, 0.1) is 0 Å². The number of imide groups is 1. The lowest BCUT2D eigenvalue weighted by Gasteiger charge is -2.29. The number of nitrogens with one attached hydrogen (secondary N) is 2. The van der Waals surface area contributed by atoms with Crippen LogP contribution in [0.3, 0.4) is 0 Å². The molecule has 0 aromatic heterocycles. The molecule has 3 amide bonds. The van der Waals surface area contributed by atoms with E-state index in [4.69, 9.17) is 14.7 Å². The van der Waals surface area contributed by atoms with Gasteiger partial charge in [0, 0.05) is 42.7 Å². The third kappa shape index (κ3) is 13.5. The molecule has 12 nitrogen and oxygen atoms in total. The Labute approximate surface area is 284 Å².